The van der Waals surface area contributed by atoms with E-state index in [0.29, 0.717) is 17.3 Å². The highest BCUT2D eigenvalue weighted by Gasteiger charge is 2.21. The lowest BCUT2D eigenvalue weighted by molar-refractivity contribution is 0.102. The number of amides is 1. The third-order valence-corrected chi connectivity index (χ3v) is 4.71. The molecule has 1 fully saturated rings. The third kappa shape index (κ3) is 4.48. The first kappa shape index (κ1) is 18.8. The van der Waals surface area contributed by atoms with E-state index >= 15 is 0 Å². The van der Waals surface area contributed by atoms with Gasteiger partial charge in [-0.3, -0.25) is 4.79 Å². The summed E-state index contributed by atoms with van der Waals surface area (Å²) >= 11 is 0. The van der Waals surface area contributed by atoms with E-state index in [2.05, 4.69) is 30.1 Å². The molecule has 1 aliphatic rings. The van der Waals surface area contributed by atoms with Gasteiger partial charge in [0.2, 0.25) is 5.95 Å². The summed E-state index contributed by atoms with van der Waals surface area (Å²) in [6.07, 6.45) is 1.79. The van der Waals surface area contributed by atoms with Crippen LogP contribution in [0.3, 0.4) is 0 Å². The van der Waals surface area contributed by atoms with Crippen molar-refractivity contribution in [1.82, 2.24) is 15.0 Å². The molecule has 0 spiro atoms. The molecular weight excluding hydrogens is 371 g/mol. The number of carbonyl (C=O) groups is 1. The highest BCUT2D eigenvalue weighted by atomic mass is 19.1. The van der Waals surface area contributed by atoms with E-state index in [1.807, 2.05) is 25.1 Å². The van der Waals surface area contributed by atoms with Crippen molar-refractivity contribution in [2.75, 3.05) is 41.3 Å². The number of carbonyl (C=O) groups excluding carboxylic acids is 1. The van der Waals surface area contributed by atoms with Crippen molar-refractivity contribution in [2.24, 2.45) is 0 Å². The average Bonchev–Trinajstić information content (AvgIpc) is 2.75. The van der Waals surface area contributed by atoms with Crippen molar-refractivity contribution in [3.8, 4) is 0 Å². The number of pyridine rings is 1. The zero-order valence-corrected chi connectivity index (χ0v) is 16.0. The van der Waals surface area contributed by atoms with Crippen molar-refractivity contribution >= 4 is 23.4 Å². The van der Waals surface area contributed by atoms with Crippen LogP contribution in [0.15, 0.2) is 54.7 Å². The molecule has 1 saturated heterocycles. The predicted octanol–water partition coefficient (Wildman–Crippen LogP) is 2.90. The molecule has 0 bridgehead atoms. The Hall–Kier alpha value is -3.55. The second-order valence-electron chi connectivity index (χ2n) is 6.82. The third-order valence-electron chi connectivity index (χ3n) is 4.71. The van der Waals surface area contributed by atoms with E-state index in [4.69, 9.17) is 0 Å². The lowest BCUT2D eigenvalue weighted by Crippen LogP contribution is -2.47. The molecule has 0 aliphatic carbocycles. The van der Waals surface area contributed by atoms with Crippen LogP contribution in [0, 0.1) is 12.7 Å². The maximum Gasteiger partial charge on any atom is 0.274 e. The van der Waals surface area contributed by atoms with Gasteiger partial charge in [-0.25, -0.2) is 19.3 Å². The number of benzene rings is 1. The Balaban J connectivity index is 1.46. The molecule has 1 amide bonds. The number of hydrogen-bond donors (Lipinski definition) is 1. The summed E-state index contributed by atoms with van der Waals surface area (Å²) < 4.78 is 13.0. The van der Waals surface area contributed by atoms with Crippen molar-refractivity contribution in [3.63, 3.8) is 0 Å². The van der Waals surface area contributed by atoms with E-state index in [1.54, 1.807) is 12.3 Å². The summed E-state index contributed by atoms with van der Waals surface area (Å²) in [7, 11) is 0. The van der Waals surface area contributed by atoms with E-state index in [-0.39, 0.29) is 17.4 Å². The van der Waals surface area contributed by atoms with Crippen LogP contribution in [0.4, 0.5) is 21.8 Å². The molecule has 0 unspecified atom stereocenters. The number of halogens is 1. The van der Waals surface area contributed by atoms with Crippen molar-refractivity contribution in [3.05, 3.63) is 71.9 Å². The van der Waals surface area contributed by atoms with Gasteiger partial charge in [-0.15, -0.1) is 0 Å². The number of hydrogen-bond acceptors (Lipinski definition) is 6. The van der Waals surface area contributed by atoms with Gasteiger partial charge in [0.05, 0.1) is 0 Å². The second-order valence-corrected chi connectivity index (χ2v) is 6.82. The number of rotatable bonds is 4. The van der Waals surface area contributed by atoms with E-state index < -0.39 is 0 Å². The Labute approximate surface area is 168 Å². The van der Waals surface area contributed by atoms with Crippen molar-refractivity contribution < 1.29 is 9.18 Å². The largest absolute Gasteiger partial charge is 0.353 e. The second kappa shape index (κ2) is 8.22. The van der Waals surface area contributed by atoms with Gasteiger partial charge < -0.3 is 15.1 Å². The summed E-state index contributed by atoms with van der Waals surface area (Å²) in [5.74, 6) is 0.787. The Morgan fingerprint density at radius 2 is 1.72 bits per heavy atom. The molecule has 3 heterocycles. The Kier molecular flexibility index (Phi) is 5.33. The van der Waals surface area contributed by atoms with Crippen LogP contribution in [-0.2, 0) is 0 Å². The maximum atomic E-state index is 13.0. The van der Waals surface area contributed by atoms with Gasteiger partial charge in [-0.1, -0.05) is 6.07 Å². The minimum Gasteiger partial charge on any atom is -0.353 e. The van der Waals surface area contributed by atoms with Gasteiger partial charge in [-0.2, -0.15) is 0 Å². The van der Waals surface area contributed by atoms with Crippen molar-refractivity contribution in [2.45, 2.75) is 6.92 Å². The molecule has 2 aromatic heterocycles. The summed E-state index contributed by atoms with van der Waals surface area (Å²) in [5.41, 5.74) is 1.51. The molecular formula is C21H21FN6O. The van der Waals surface area contributed by atoms with Crippen molar-refractivity contribution in [1.29, 1.82) is 0 Å². The SMILES string of the molecule is Cc1cc(C(=O)Nc2ccc(F)cc2)nc(N2CCN(c3ccccn3)CC2)n1. The van der Waals surface area contributed by atoms with Crippen LogP contribution in [0.2, 0.25) is 0 Å². The Morgan fingerprint density at radius 3 is 2.41 bits per heavy atom. The van der Waals surface area contributed by atoms with E-state index in [0.717, 1.165) is 32.0 Å². The first-order valence-corrected chi connectivity index (χ1v) is 9.42. The molecule has 0 atom stereocenters. The first-order chi connectivity index (χ1) is 14.1. The number of aryl methyl sites for hydroxylation is 1. The van der Waals surface area contributed by atoms with Gasteiger partial charge in [-0.05, 0) is 49.4 Å². The summed E-state index contributed by atoms with van der Waals surface area (Å²) in [6.45, 7) is 4.90. The molecule has 3 aromatic rings. The van der Waals surface area contributed by atoms with Crippen LogP contribution in [0.25, 0.3) is 0 Å². The molecule has 0 saturated carbocycles. The molecule has 0 radical (unpaired) electrons. The number of piperazine rings is 1. The smallest absolute Gasteiger partial charge is 0.274 e. The molecule has 148 valence electrons. The van der Waals surface area contributed by atoms with Gasteiger partial charge in [0.15, 0.2) is 0 Å². The average molecular weight is 392 g/mol. The minimum absolute atomic E-state index is 0.281. The Bertz CT molecular complexity index is 988. The number of aromatic nitrogens is 3. The zero-order valence-electron chi connectivity index (χ0n) is 16.0. The molecule has 7 nitrogen and oxygen atoms in total. The topological polar surface area (TPSA) is 74.2 Å². The zero-order chi connectivity index (χ0) is 20.2. The Morgan fingerprint density at radius 1 is 1.00 bits per heavy atom. The maximum absolute atomic E-state index is 13.0. The highest BCUT2D eigenvalue weighted by Crippen LogP contribution is 2.18. The lowest BCUT2D eigenvalue weighted by atomic mass is 10.2. The standard InChI is InChI=1S/C21H21FN6O/c1-15-14-18(20(29)25-17-7-5-16(22)6-8-17)26-21(24-15)28-12-10-27(11-13-28)19-4-2-3-9-23-19/h2-9,14H,10-13H2,1H3,(H,25,29). The number of nitrogens with one attached hydrogen (secondary N) is 1. The number of anilines is 3. The van der Waals surface area contributed by atoms with Gasteiger partial charge in [0.25, 0.3) is 5.91 Å². The molecule has 8 heteroatoms. The van der Waals surface area contributed by atoms with Gasteiger partial charge in [0, 0.05) is 43.8 Å². The molecule has 4 rings (SSSR count). The molecule has 1 N–H and O–H groups in total. The summed E-state index contributed by atoms with van der Waals surface area (Å²) in [5, 5.41) is 2.74. The van der Waals surface area contributed by atoms with Crippen LogP contribution in [0.5, 0.6) is 0 Å². The fraction of sp³-hybridized carbons (Fsp3) is 0.238. The highest BCUT2D eigenvalue weighted by molar-refractivity contribution is 6.03. The summed E-state index contributed by atoms with van der Waals surface area (Å²) in [6, 6.07) is 13.1. The lowest BCUT2D eigenvalue weighted by Gasteiger charge is -2.35. The van der Waals surface area contributed by atoms with Crippen LogP contribution >= 0.6 is 0 Å². The first-order valence-electron chi connectivity index (χ1n) is 9.42. The monoisotopic (exact) mass is 392 g/mol. The summed E-state index contributed by atoms with van der Waals surface area (Å²) in [4.78, 5) is 30.2. The fourth-order valence-corrected chi connectivity index (χ4v) is 3.22. The quantitative estimate of drug-likeness (QED) is 0.736. The van der Waals surface area contributed by atoms with Crippen LogP contribution in [-0.4, -0.2) is 47.0 Å². The van der Waals surface area contributed by atoms with E-state index in [1.165, 1.54) is 24.3 Å². The van der Waals surface area contributed by atoms with Crippen LogP contribution in [0.1, 0.15) is 16.2 Å². The molecule has 29 heavy (non-hydrogen) atoms. The van der Waals surface area contributed by atoms with Gasteiger partial charge in [0.1, 0.15) is 17.3 Å². The molecule has 1 aliphatic heterocycles. The minimum atomic E-state index is -0.354. The number of nitrogens with zero attached hydrogens (tertiary/aromatic N) is 5. The van der Waals surface area contributed by atoms with E-state index in [9.17, 15) is 9.18 Å². The normalized spacial score (nSPS) is 14.0. The predicted molar refractivity (Wildman–Crippen MR) is 110 cm³/mol. The fourth-order valence-electron chi connectivity index (χ4n) is 3.22. The van der Waals surface area contributed by atoms with Gasteiger partial charge >= 0.3 is 0 Å². The molecule has 1 aromatic carbocycles. The van der Waals surface area contributed by atoms with Crippen LogP contribution < -0.4 is 15.1 Å².